The zero-order chi connectivity index (χ0) is 11.0. The van der Waals surface area contributed by atoms with Gasteiger partial charge in [-0.3, -0.25) is 4.98 Å². The third-order valence-electron chi connectivity index (χ3n) is 2.54. The van der Waals surface area contributed by atoms with Gasteiger partial charge < -0.3 is 5.11 Å². The minimum absolute atomic E-state index is 0.277. The Hall–Kier alpha value is -1.03. The van der Waals surface area contributed by atoms with Crippen LogP contribution in [0.5, 0.6) is 0 Å². The van der Waals surface area contributed by atoms with Gasteiger partial charge in [0.15, 0.2) is 0 Å². The lowest BCUT2D eigenvalue weighted by atomic mass is 10.0. The van der Waals surface area contributed by atoms with Crippen molar-refractivity contribution in [1.29, 1.82) is 0 Å². The molecule has 1 aliphatic rings. The van der Waals surface area contributed by atoms with E-state index in [0.29, 0.717) is 5.56 Å². The van der Waals surface area contributed by atoms with Crippen molar-refractivity contribution in [3.05, 3.63) is 28.6 Å². The Kier molecular flexibility index (Phi) is 2.69. The van der Waals surface area contributed by atoms with Crippen molar-refractivity contribution in [3.8, 4) is 0 Å². The molecule has 3 nitrogen and oxygen atoms in total. The van der Waals surface area contributed by atoms with Gasteiger partial charge in [0.05, 0.1) is 11.3 Å². The molecule has 0 spiro atoms. The molecule has 0 saturated heterocycles. The molecule has 0 atom stereocenters. The number of fused-ring (bicyclic) bond motifs is 1. The maximum atomic E-state index is 11.1. The lowest BCUT2D eigenvalue weighted by molar-refractivity contribution is 0.0695. The predicted octanol–water partition coefficient (Wildman–Crippen LogP) is 2.65. The summed E-state index contributed by atoms with van der Waals surface area (Å²) in [5.41, 5.74) is 3.20. The van der Waals surface area contributed by atoms with E-state index in [1.54, 1.807) is 17.8 Å². The monoisotopic (exact) mass is 223 g/mol. The average Bonchev–Trinajstić information content (AvgIpc) is 2.62. The first-order valence-electron chi connectivity index (χ1n) is 4.93. The highest BCUT2D eigenvalue weighted by Crippen LogP contribution is 2.32. The molecule has 80 valence electrons. The number of aromatic carboxylic acids is 1. The van der Waals surface area contributed by atoms with E-state index in [1.165, 1.54) is 0 Å². The van der Waals surface area contributed by atoms with Crippen LogP contribution >= 0.6 is 11.8 Å². The molecule has 0 aliphatic carbocycles. The molecule has 4 heteroatoms. The highest BCUT2D eigenvalue weighted by atomic mass is 32.2. The lowest BCUT2D eigenvalue weighted by Gasteiger charge is -2.09. The van der Waals surface area contributed by atoms with Crippen molar-refractivity contribution in [2.45, 2.75) is 31.3 Å². The van der Waals surface area contributed by atoms with Crippen molar-refractivity contribution in [1.82, 2.24) is 4.98 Å². The number of nitrogens with zero attached hydrogens (tertiary/aromatic N) is 1. The second-order valence-corrected chi connectivity index (χ2v) is 4.96. The third kappa shape index (κ3) is 1.86. The Bertz CT molecular complexity index is 415. The van der Waals surface area contributed by atoms with Crippen LogP contribution in [-0.4, -0.2) is 16.1 Å². The quantitative estimate of drug-likeness (QED) is 0.837. The number of carboxylic acid groups (broad SMARTS) is 1. The van der Waals surface area contributed by atoms with Gasteiger partial charge in [0, 0.05) is 17.2 Å². The fourth-order valence-electron chi connectivity index (χ4n) is 1.66. The first kappa shape index (κ1) is 10.5. The molecular formula is C11H13NO2S. The topological polar surface area (TPSA) is 50.2 Å². The first-order chi connectivity index (χ1) is 7.09. The molecule has 1 aliphatic heterocycles. The SMILES string of the molecule is CC(C)c1cc(C(=O)O)c2c(n1)CSC2. The van der Waals surface area contributed by atoms with E-state index in [1.807, 2.05) is 13.8 Å². The van der Waals surface area contributed by atoms with Crippen LogP contribution < -0.4 is 0 Å². The van der Waals surface area contributed by atoms with Gasteiger partial charge in [0.25, 0.3) is 0 Å². The summed E-state index contributed by atoms with van der Waals surface area (Å²) in [4.78, 5) is 15.6. The van der Waals surface area contributed by atoms with Crippen LogP contribution in [0.1, 0.15) is 47.1 Å². The number of pyridine rings is 1. The molecule has 1 aromatic heterocycles. The molecule has 1 N–H and O–H groups in total. The highest BCUT2D eigenvalue weighted by molar-refractivity contribution is 7.98. The molecule has 1 aromatic rings. The number of carbonyl (C=O) groups is 1. The van der Waals surface area contributed by atoms with Crippen LogP contribution in [0.15, 0.2) is 6.07 Å². The minimum atomic E-state index is -0.835. The Labute approximate surface area is 92.9 Å². The molecule has 15 heavy (non-hydrogen) atoms. The van der Waals surface area contributed by atoms with Crippen LogP contribution in [0, 0.1) is 0 Å². The zero-order valence-electron chi connectivity index (χ0n) is 8.78. The van der Waals surface area contributed by atoms with Gasteiger partial charge in [0.2, 0.25) is 0 Å². The molecule has 0 fully saturated rings. The Morgan fingerprint density at radius 1 is 1.53 bits per heavy atom. The maximum Gasteiger partial charge on any atom is 0.336 e. The summed E-state index contributed by atoms with van der Waals surface area (Å²) >= 11 is 1.73. The van der Waals surface area contributed by atoms with Crippen LogP contribution in [0.3, 0.4) is 0 Å². The molecule has 2 heterocycles. The van der Waals surface area contributed by atoms with E-state index in [2.05, 4.69) is 4.98 Å². The second kappa shape index (κ2) is 3.85. The van der Waals surface area contributed by atoms with Crippen molar-refractivity contribution < 1.29 is 9.90 Å². The van der Waals surface area contributed by atoms with Gasteiger partial charge in [-0.25, -0.2) is 4.79 Å². The molecule has 0 unspecified atom stereocenters. The molecule has 2 rings (SSSR count). The van der Waals surface area contributed by atoms with Crippen molar-refractivity contribution in [2.75, 3.05) is 0 Å². The van der Waals surface area contributed by atoms with Gasteiger partial charge in [-0.15, -0.1) is 0 Å². The second-order valence-electron chi connectivity index (χ2n) is 3.97. The van der Waals surface area contributed by atoms with E-state index in [0.717, 1.165) is 28.5 Å². The molecule has 0 amide bonds. The lowest BCUT2D eigenvalue weighted by Crippen LogP contribution is -2.07. The number of aromatic nitrogens is 1. The molecule has 0 aromatic carbocycles. The van der Waals surface area contributed by atoms with Crippen molar-refractivity contribution >= 4 is 17.7 Å². The van der Waals surface area contributed by atoms with E-state index in [4.69, 9.17) is 5.11 Å². The molecule has 0 saturated carbocycles. The highest BCUT2D eigenvalue weighted by Gasteiger charge is 2.22. The van der Waals surface area contributed by atoms with E-state index < -0.39 is 5.97 Å². The molecule has 0 radical (unpaired) electrons. The predicted molar refractivity (Wildman–Crippen MR) is 60.3 cm³/mol. The number of hydrogen-bond acceptors (Lipinski definition) is 3. The Morgan fingerprint density at radius 3 is 2.87 bits per heavy atom. The van der Waals surface area contributed by atoms with Gasteiger partial charge in [-0.1, -0.05) is 13.8 Å². The molecule has 0 bridgehead atoms. The first-order valence-corrected chi connectivity index (χ1v) is 6.08. The fourth-order valence-corrected chi connectivity index (χ4v) is 2.72. The Balaban J connectivity index is 2.57. The van der Waals surface area contributed by atoms with Crippen molar-refractivity contribution in [2.24, 2.45) is 0 Å². The van der Waals surface area contributed by atoms with E-state index >= 15 is 0 Å². The van der Waals surface area contributed by atoms with Crippen LogP contribution in [0.4, 0.5) is 0 Å². The summed E-state index contributed by atoms with van der Waals surface area (Å²) in [6.07, 6.45) is 0. The summed E-state index contributed by atoms with van der Waals surface area (Å²) in [5.74, 6) is 1.07. The number of hydrogen-bond donors (Lipinski definition) is 1. The van der Waals surface area contributed by atoms with Crippen molar-refractivity contribution in [3.63, 3.8) is 0 Å². The summed E-state index contributed by atoms with van der Waals surface area (Å²) in [5, 5.41) is 9.12. The van der Waals surface area contributed by atoms with Crippen LogP contribution in [-0.2, 0) is 11.5 Å². The fraction of sp³-hybridized carbons (Fsp3) is 0.455. The average molecular weight is 223 g/mol. The Morgan fingerprint density at radius 2 is 2.27 bits per heavy atom. The summed E-state index contributed by atoms with van der Waals surface area (Å²) < 4.78 is 0. The zero-order valence-corrected chi connectivity index (χ0v) is 9.60. The standard InChI is InChI=1S/C11H13NO2S/c1-6(2)9-3-7(11(13)14)8-4-15-5-10(8)12-9/h3,6H,4-5H2,1-2H3,(H,13,14). The number of rotatable bonds is 2. The van der Waals surface area contributed by atoms with Gasteiger partial charge >= 0.3 is 5.97 Å². The molecular weight excluding hydrogens is 210 g/mol. The van der Waals surface area contributed by atoms with E-state index in [9.17, 15) is 4.79 Å². The van der Waals surface area contributed by atoms with Gasteiger partial charge in [0.1, 0.15) is 0 Å². The minimum Gasteiger partial charge on any atom is -0.478 e. The summed E-state index contributed by atoms with van der Waals surface area (Å²) in [6, 6.07) is 1.72. The maximum absolute atomic E-state index is 11.1. The van der Waals surface area contributed by atoms with E-state index in [-0.39, 0.29) is 5.92 Å². The summed E-state index contributed by atoms with van der Waals surface area (Å²) in [7, 11) is 0. The van der Waals surface area contributed by atoms with Gasteiger partial charge in [-0.05, 0) is 17.5 Å². The normalized spacial score (nSPS) is 14.3. The smallest absolute Gasteiger partial charge is 0.336 e. The van der Waals surface area contributed by atoms with Crippen LogP contribution in [0.2, 0.25) is 0 Å². The number of thioether (sulfide) groups is 1. The number of carboxylic acids is 1. The third-order valence-corrected chi connectivity index (χ3v) is 3.51. The largest absolute Gasteiger partial charge is 0.478 e. The van der Waals surface area contributed by atoms with Crippen LogP contribution in [0.25, 0.3) is 0 Å². The summed E-state index contributed by atoms with van der Waals surface area (Å²) in [6.45, 7) is 4.06. The van der Waals surface area contributed by atoms with Gasteiger partial charge in [-0.2, -0.15) is 11.8 Å².